The summed E-state index contributed by atoms with van der Waals surface area (Å²) in [4.78, 5) is 21.8. The molecule has 1 aromatic carbocycles. The fourth-order valence-corrected chi connectivity index (χ4v) is 1.50. The summed E-state index contributed by atoms with van der Waals surface area (Å²) in [6, 6.07) is 8.55. The van der Waals surface area contributed by atoms with Crippen LogP contribution in [0.4, 0.5) is 0 Å². The Bertz CT molecular complexity index is 391. The van der Waals surface area contributed by atoms with Crippen molar-refractivity contribution in [2.24, 2.45) is 0 Å². The highest BCUT2D eigenvalue weighted by Gasteiger charge is 2.12. The number of carboxylic acids is 1. The number of ether oxygens (including phenoxy) is 1. The third kappa shape index (κ3) is 4.97. The number of carbonyl (C=O) groups excluding carboxylic acids is 2. The second-order valence-electron chi connectivity index (χ2n) is 3.85. The number of nitrogens with one attached hydrogen (secondary N) is 1. The molecule has 0 radical (unpaired) electrons. The van der Waals surface area contributed by atoms with E-state index >= 15 is 0 Å². The minimum absolute atomic E-state index is 0.0525. The van der Waals surface area contributed by atoms with Crippen LogP contribution >= 0.6 is 0 Å². The van der Waals surface area contributed by atoms with Crippen molar-refractivity contribution in [3.05, 3.63) is 35.9 Å². The predicted octanol–water partition coefficient (Wildman–Crippen LogP) is -0.152. The number of esters is 1. The normalized spacial score (nSPS) is 11.8. The zero-order valence-corrected chi connectivity index (χ0v) is 10.2. The molecule has 5 nitrogen and oxygen atoms in total. The van der Waals surface area contributed by atoms with Crippen LogP contribution in [0.3, 0.4) is 0 Å². The van der Waals surface area contributed by atoms with Crippen molar-refractivity contribution < 1.29 is 19.4 Å². The third-order valence-corrected chi connectivity index (χ3v) is 2.54. The molecule has 0 saturated carbocycles. The number of methoxy groups -OCH3 is 1. The van der Waals surface area contributed by atoms with Crippen molar-refractivity contribution >= 4 is 11.9 Å². The van der Waals surface area contributed by atoms with Crippen LogP contribution in [0.15, 0.2) is 30.3 Å². The summed E-state index contributed by atoms with van der Waals surface area (Å²) < 4.78 is 4.46. The number of aliphatic carboxylic acids is 1. The Balaban J connectivity index is 2.43. The standard InChI is InChI=1S/C13H17NO4/c1-18-12(15)8-7-11(13(16)17)14-9-10-5-3-2-4-6-10/h2-6,11,14H,7-9H2,1H3,(H,16,17)/p-1/t11-/m0/s1. The lowest BCUT2D eigenvalue weighted by Gasteiger charge is -2.19. The molecule has 1 atom stereocenters. The van der Waals surface area contributed by atoms with Gasteiger partial charge in [-0.3, -0.25) is 4.79 Å². The average molecular weight is 250 g/mol. The Kier molecular flexibility index (Phi) is 5.87. The van der Waals surface area contributed by atoms with Crippen molar-refractivity contribution in [3.63, 3.8) is 0 Å². The van der Waals surface area contributed by atoms with Gasteiger partial charge >= 0.3 is 5.97 Å². The van der Waals surface area contributed by atoms with Gasteiger partial charge in [0.1, 0.15) is 0 Å². The topological polar surface area (TPSA) is 78.5 Å². The van der Waals surface area contributed by atoms with E-state index in [0.717, 1.165) is 5.56 Å². The lowest BCUT2D eigenvalue weighted by molar-refractivity contribution is -0.308. The molecule has 1 aromatic rings. The summed E-state index contributed by atoms with van der Waals surface area (Å²) in [6.45, 7) is 0.417. The maximum atomic E-state index is 10.9. The number of hydrogen-bond acceptors (Lipinski definition) is 5. The molecule has 0 saturated heterocycles. The predicted molar refractivity (Wildman–Crippen MR) is 63.3 cm³/mol. The molecule has 0 aliphatic heterocycles. The Morgan fingerprint density at radius 3 is 2.56 bits per heavy atom. The van der Waals surface area contributed by atoms with Gasteiger partial charge in [0.15, 0.2) is 0 Å². The van der Waals surface area contributed by atoms with E-state index < -0.39 is 18.0 Å². The molecule has 5 heteroatoms. The van der Waals surface area contributed by atoms with E-state index in [1.54, 1.807) is 0 Å². The molecule has 0 amide bonds. The second kappa shape index (κ2) is 7.45. The lowest BCUT2D eigenvalue weighted by Crippen LogP contribution is -2.45. The Morgan fingerprint density at radius 2 is 2.00 bits per heavy atom. The van der Waals surface area contributed by atoms with Gasteiger partial charge in [0.05, 0.1) is 13.1 Å². The third-order valence-electron chi connectivity index (χ3n) is 2.54. The molecule has 1 N–H and O–H groups in total. The lowest BCUT2D eigenvalue weighted by atomic mass is 10.1. The van der Waals surface area contributed by atoms with Crippen molar-refractivity contribution in [1.29, 1.82) is 0 Å². The summed E-state index contributed by atoms with van der Waals surface area (Å²) in [5.74, 6) is -1.64. The van der Waals surface area contributed by atoms with Crippen molar-refractivity contribution in [1.82, 2.24) is 5.32 Å². The van der Waals surface area contributed by atoms with Crippen LogP contribution in [0.25, 0.3) is 0 Å². The minimum Gasteiger partial charge on any atom is -0.548 e. The molecule has 0 aromatic heterocycles. The van der Waals surface area contributed by atoms with E-state index in [1.807, 2.05) is 30.3 Å². The maximum absolute atomic E-state index is 10.9. The van der Waals surface area contributed by atoms with Gasteiger partial charge in [-0.15, -0.1) is 0 Å². The summed E-state index contributed by atoms with van der Waals surface area (Å²) in [6.07, 6.45) is 0.207. The van der Waals surface area contributed by atoms with Gasteiger partial charge < -0.3 is 20.0 Å². The molecule has 18 heavy (non-hydrogen) atoms. The SMILES string of the molecule is COC(=O)CC[C@H](NCc1ccccc1)C(=O)[O-]. The van der Waals surface area contributed by atoms with Crippen LogP contribution < -0.4 is 10.4 Å². The number of carboxylic acid groups (broad SMARTS) is 1. The minimum atomic E-state index is -1.21. The first-order valence-corrected chi connectivity index (χ1v) is 5.68. The Labute approximate surface area is 106 Å². The number of rotatable bonds is 7. The fourth-order valence-electron chi connectivity index (χ4n) is 1.50. The smallest absolute Gasteiger partial charge is 0.305 e. The molecule has 0 heterocycles. The van der Waals surface area contributed by atoms with E-state index in [-0.39, 0.29) is 12.8 Å². The first kappa shape index (κ1) is 14.2. The van der Waals surface area contributed by atoms with Gasteiger partial charge in [-0.05, 0) is 12.0 Å². The number of hydrogen-bond donors (Lipinski definition) is 1. The first-order valence-electron chi connectivity index (χ1n) is 5.68. The number of benzene rings is 1. The van der Waals surface area contributed by atoms with Gasteiger partial charge in [-0.1, -0.05) is 30.3 Å². The van der Waals surface area contributed by atoms with Gasteiger partial charge in [-0.2, -0.15) is 0 Å². The molecular weight excluding hydrogens is 234 g/mol. The second-order valence-corrected chi connectivity index (χ2v) is 3.85. The van der Waals surface area contributed by atoms with Gasteiger partial charge in [0, 0.05) is 19.0 Å². The molecule has 0 aliphatic rings. The molecule has 0 spiro atoms. The fraction of sp³-hybridized carbons (Fsp3) is 0.385. The Hall–Kier alpha value is -1.88. The quantitative estimate of drug-likeness (QED) is 0.681. The molecule has 0 fully saturated rings. The van der Waals surface area contributed by atoms with Crippen molar-refractivity contribution in [3.8, 4) is 0 Å². The highest BCUT2D eigenvalue weighted by Crippen LogP contribution is 2.02. The monoisotopic (exact) mass is 250 g/mol. The van der Waals surface area contributed by atoms with Crippen LogP contribution in [-0.4, -0.2) is 25.1 Å². The van der Waals surface area contributed by atoms with Crippen LogP contribution in [-0.2, 0) is 20.9 Å². The molecular formula is C13H16NO4-. The summed E-state index contributed by atoms with van der Waals surface area (Å²) >= 11 is 0. The summed E-state index contributed by atoms with van der Waals surface area (Å²) in [5.41, 5.74) is 0.974. The van der Waals surface area contributed by atoms with E-state index in [2.05, 4.69) is 10.1 Å². The molecule has 0 bridgehead atoms. The van der Waals surface area contributed by atoms with Crippen LogP contribution in [0.2, 0.25) is 0 Å². The van der Waals surface area contributed by atoms with Crippen molar-refractivity contribution in [2.45, 2.75) is 25.4 Å². The zero-order chi connectivity index (χ0) is 13.4. The molecule has 98 valence electrons. The van der Waals surface area contributed by atoms with Crippen LogP contribution in [0.5, 0.6) is 0 Å². The first-order chi connectivity index (χ1) is 8.63. The Morgan fingerprint density at radius 1 is 1.33 bits per heavy atom. The van der Waals surface area contributed by atoms with E-state index in [9.17, 15) is 14.7 Å². The van der Waals surface area contributed by atoms with E-state index in [0.29, 0.717) is 6.54 Å². The van der Waals surface area contributed by atoms with E-state index in [1.165, 1.54) is 7.11 Å². The van der Waals surface area contributed by atoms with Crippen LogP contribution in [0.1, 0.15) is 18.4 Å². The van der Waals surface area contributed by atoms with Crippen molar-refractivity contribution in [2.75, 3.05) is 7.11 Å². The van der Waals surface area contributed by atoms with Crippen LogP contribution in [0, 0.1) is 0 Å². The van der Waals surface area contributed by atoms with Gasteiger partial charge in [-0.25, -0.2) is 0 Å². The zero-order valence-electron chi connectivity index (χ0n) is 10.2. The largest absolute Gasteiger partial charge is 0.548 e. The number of carbonyl (C=O) groups is 2. The summed E-state index contributed by atoms with van der Waals surface area (Å²) in [5, 5.41) is 13.7. The average Bonchev–Trinajstić information content (AvgIpc) is 2.39. The summed E-state index contributed by atoms with van der Waals surface area (Å²) in [7, 11) is 1.27. The van der Waals surface area contributed by atoms with Gasteiger partial charge in [0.2, 0.25) is 0 Å². The molecule has 0 aliphatic carbocycles. The van der Waals surface area contributed by atoms with E-state index in [4.69, 9.17) is 0 Å². The maximum Gasteiger partial charge on any atom is 0.305 e. The molecule has 1 rings (SSSR count). The van der Waals surface area contributed by atoms with Gasteiger partial charge in [0.25, 0.3) is 0 Å². The molecule has 0 unspecified atom stereocenters. The highest BCUT2D eigenvalue weighted by atomic mass is 16.5. The highest BCUT2D eigenvalue weighted by molar-refractivity contribution is 5.74.